The highest BCUT2D eigenvalue weighted by atomic mass is 16.8. The smallest absolute Gasteiger partial charge is 0.364 e. The number of aliphatic carboxylic acids is 1. The molecule has 10 aliphatic heterocycles. The third-order valence-corrected chi connectivity index (χ3v) is 23.2. The largest absolute Gasteiger partial charge is 0.477 e. The van der Waals surface area contributed by atoms with Gasteiger partial charge in [0.1, 0.15) is 226 Å². The lowest BCUT2D eigenvalue weighted by atomic mass is 9.87. The minimum atomic E-state index is -3.40. The van der Waals surface area contributed by atoms with Crippen molar-refractivity contribution < 1.29 is 257 Å². The highest BCUT2D eigenvalue weighted by molar-refractivity contribution is 5.77. The van der Waals surface area contributed by atoms with Crippen LogP contribution in [0.25, 0.3) is 0 Å². The number of hydrogen-bond donors (Lipinski definition) is 30. The first-order valence-electron chi connectivity index (χ1n) is 40.2. The number of esters is 1. The fourth-order valence-electron chi connectivity index (χ4n) is 16.4. The van der Waals surface area contributed by atoms with Crippen molar-refractivity contribution in [2.24, 2.45) is 0 Å². The molecule has 3 amide bonds. The Morgan fingerprint density at radius 3 is 1.18 bits per heavy atom. The van der Waals surface area contributed by atoms with E-state index in [1.807, 2.05) is 0 Å². The van der Waals surface area contributed by atoms with Crippen molar-refractivity contribution >= 4 is 29.7 Å². The molecule has 728 valence electrons. The standard InChI is InChI=1S/C71H117N3O52/c1-16-34(86)41(93)47(99)64(108-16)121-56-32(73-20(5)82)62(115-28(13-79)53(56)119-68-51(103)59(39(91)26(11-77)113-68)126-71(70(105)106)8-24(111-22(7)84)31(72-19(4)81)55(125-71)37(89)23(85)9-75)107-15-30-40(92)58(50(102)67(117-30)118-52-27(12-78)112-61(104)46(98)45(52)97)123-63-33(74-21(6)83)57(122-65-48(100)42(94)35(87)17(2)109-65)54(29(14-80)116-63)120-69-60(44(96)38(90)25(10-76)114-69)124-66-49(101)43(95)36(88)18(3)110-66/h16-18,23-69,75-80,85-104H,8-15H2,1-7H3,(H,72,81)(H,73,82)(H,74,83)(H,105,106)/t16-,17-,18-,23+,24-,25+,26+,27+,28+,29+,30+,31+,32+,33+,34+,35+,36+,37+,38-,39-,40-,41+,42+,43+,44-,45+,46+,47-,48-,49-,50+,51+,52+,53+,54+,55+,56+,57+,58-,59-,60+,61?,62+,63-,64-,65-,66-,67-,68-,69-,71-/m0/s1. The first-order valence-corrected chi connectivity index (χ1v) is 40.2. The zero-order valence-corrected chi connectivity index (χ0v) is 68.3. The average Bonchev–Trinajstić information content (AvgIpc) is 0.745. The van der Waals surface area contributed by atoms with Crippen molar-refractivity contribution in [3.63, 3.8) is 0 Å². The van der Waals surface area contributed by atoms with Crippen molar-refractivity contribution in [1.82, 2.24) is 16.0 Å². The van der Waals surface area contributed by atoms with Crippen molar-refractivity contribution in [2.75, 3.05) is 46.2 Å². The van der Waals surface area contributed by atoms with Gasteiger partial charge in [-0.15, -0.1) is 0 Å². The number of aliphatic hydroxyl groups is 26. The van der Waals surface area contributed by atoms with E-state index in [-0.39, 0.29) is 0 Å². The third kappa shape index (κ3) is 22.5. The van der Waals surface area contributed by atoms with E-state index in [0.29, 0.717) is 0 Å². The lowest BCUT2D eigenvalue weighted by Crippen LogP contribution is -2.72. The van der Waals surface area contributed by atoms with Gasteiger partial charge in [0.25, 0.3) is 5.79 Å². The van der Waals surface area contributed by atoms with E-state index < -0.39 is 395 Å². The summed E-state index contributed by atoms with van der Waals surface area (Å²) in [5.74, 6) is -9.79. The molecule has 0 bridgehead atoms. The number of carboxylic acid groups (broad SMARTS) is 1. The summed E-state index contributed by atoms with van der Waals surface area (Å²) in [6, 6.07) is -6.02. The van der Waals surface area contributed by atoms with Gasteiger partial charge in [-0.1, -0.05) is 0 Å². The first-order chi connectivity index (χ1) is 59.3. The van der Waals surface area contributed by atoms with Crippen LogP contribution < -0.4 is 16.0 Å². The molecule has 55 heteroatoms. The Balaban J connectivity index is 1.02. The zero-order valence-electron chi connectivity index (χ0n) is 68.3. The van der Waals surface area contributed by atoms with Crippen LogP contribution >= 0.6 is 0 Å². The summed E-state index contributed by atoms with van der Waals surface area (Å²) < 4.78 is 120. The van der Waals surface area contributed by atoms with E-state index in [1.165, 1.54) is 20.8 Å². The van der Waals surface area contributed by atoms with Gasteiger partial charge in [0.2, 0.25) is 17.7 Å². The topological polar surface area (TPSA) is 852 Å². The fourth-order valence-corrected chi connectivity index (χ4v) is 16.4. The van der Waals surface area contributed by atoms with Gasteiger partial charge in [0.15, 0.2) is 56.6 Å². The Hall–Kier alpha value is -4.45. The van der Waals surface area contributed by atoms with Gasteiger partial charge in [-0.2, -0.15) is 0 Å². The number of nitrogens with one attached hydrogen (secondary N) is 3. The van der Waals surface area contributed by atoms with E-state index in [0.717, 1.165) is 27.7 Å². The number of aliphatic hydroxyl groups excluding tert-OH is 26. The lowest BCUT2D eigenvalue weighted by Gasteiger charge is -2.52. The molecule has 10 heterocycles. The van der Waals surface area contributed by atoms with Crippen LogP contribution in [-0.4, -0.2) is 526 Å². The van der Waals surface area contributed by atoms with Crippen molar-refractivity contribution in [3.8, 4) is 0 Å². The van der Waals surface area contributed by atoms with Gasteiger partial charge in [-0.25, -0.2) is 4.79 Å². The normalized spacial score (nSPS) is 49.0. The second-order valence-electron chi connectivity index (χ2n) is 32.2. The number of carbonyl (C=O) groups is 5. The highest BCUT2D eigenvalue weighted by Crippen LogP contribution is 2.44. The minimum absolute atomic E-state index is 0.845. The number of carboxylic acids is 1. The number of rotatable bonds is 32. The molecular weight excluding hydrogens is 1730 g/mol. The predicted molar refractivity (Wildman–Crippen MR) is 387 cm³/mol. The van der Waals surface area contributed by atoms with Gasteiger partial charge in [-0.3, -0.25) is 19.2 Å². The van der Waals surface area contributed by atoms with Gasteiger partial charge >= 0.3 is 11.9 Å². The molecule has 55 nitrogen and oxygen atoms in total. The molecule has 0 saturated carbocycles. The minimum Gasteiger partial charge on any atom is -0.477 e. The Labute approximate surface area is 713 Å². The molecule has 10 fully saturated rings. The molecule has 0 spiro atoms. The highest BCUT2D eigenvalue weighted by Gasteiger charge is 2.65. The molecule has 0 aliphatic carbocycles. The number of carbonyl (C=O) groups excluding carboxylic acids is 4. The van der Waals surface area contributed by atoms with Gasteiger partial charge in [0.05, 0.1) is 77.0 Å². The number of hydrogen-bond acceptors (Lipinski definition) is 51. The van der Waals surface area contributed by atoms with Crippen molar-refractivity contribution in [1.29, 1.82) is 0 Å². The summed E-state index contributed by atoms with van der Waals surface area (Å²) in [5, 5.41) is 310. The van der Waals surface area contributed by atoms with E-state index >= 15 is 0 Å². The summed E-state index contributed by atoms with van der Waals surface area (Å²) >= 11 is 0. The maximum atomic E-state index is 13.8. The van der Waals surface area contributed by atoms with E-state index in [2.05, 4.69) is 16.0 Å². The van der Waals surface area contributed by atoms with Crippen LogP contribution in [0.3, 0.4) is 0 Å². The van der Waals surface area contributed by atoms with E-state index in [9.17, 15) is 162 Å². The second-order valence-corrected chi connectivity index (χ2v) is 32.2. The summed E-state index contributed by atoms with van der Waals surface area (Å²) in [7, 11) is 0. The predicted octanol–water partition coefficient (Wildman–Crippen LogP) is -19.5. The summed E-state index contributed by atoms with van der Waals surface area (Å²) in [6.45, 7) is -1.50. The van der Waals surface area contributed by atoms with E-state index in [1.54, 1.807) is 0 Å². The maximum Gasteiger partial charge on any atom is 0.364 e. The lowest BCUT2D eigenvalue weighted by molar-refractivity contribution is -0.402. The zero-order chi connectivity index (χ0) is 93.2. The molecule has 10 saturated heterocycles. The maximum absolute atomic E-state index is 13.8. The number of amides is 3. The molecule has 10 rings (SSSR count). The Kier molecular flexibility index (Phi) is 36.3. The SMILES string of the molecule is CC(=O)N[C@H]1[C@H](OC[C@H]2O[C@@H](O[C@H]3[C@H](O)[C@@H](O)C(O)O[C@@H]3CO)[C@H](O)[C@@H](O[C@@H]3O[C@H](CO)[C@@H](O[C@@H]4O[C@H](CO)[C@H](O)[C@H](O)[C@H]4O[C@@H]4O[C@@H](C)[C@@H](O)[C@@H](O)[C@@H]4O)[C@H](O[C@@H]4O[C@@H](C)[C@@H](O)[C@@H](O)[C@@H]4O)[C@H]3NC(C)=O)[C@H]2O)O[C@H](CO)[C@@H](O[C@@H]2O[C@H](CO)[C@H](O)[C@H](O[C@]3(C(=O)O)C[C@H](OC(C)=O)[C@@H](NC(C)=O)[C@H]([C@H](O)[C@H](O)CO)O3)[C@H]2O)[C@@H]1O[C@@H]1O[C@@H](C)[C@@H](O)[C@@H](O)[C@@H]1O. The Morgan fingerprint density at radius 2 is 0.722 bits per heavy atom. The first kappa shape index (κ1) is 104. The molecule has 1 unspecified atom stereocenters. The van der Waals surface area contributed by atoms with Crippen molar-refractivity contribution in [2.45, 2.75) is 367 Å². The Morgan fingerprint density at radius 1 is 0.357 bits per heavy atom. The number of ether oxygens (including phenoxy) is 20. The summed E-state index contributed by atoms with van der Waals surface area (Å²) in [6.07, 6.45) is -102. The molecule has 0 aromatic carbocycles. The monoisotopic (exact) mass is 1840 g/mol. The van der Waals surface area contributed by atoms with Crippen LogP contribution in [-0.2, 0) is 119 Å². The van der Waals surface area contributed by atoms with Crippen LogP contribution in [0, 0.1) is 0 Å². The molecular formula is C71H117N3O52. The summed E-state index contributed by atoms with van der Waals surface area (Å²) in [5.41, 5.74) is 0. The van der Waals surface area contributed by atoms with Crippen LogP contribution in [0.4, 0.5) is 0 Å². The molecule has 0 radical (unpaired) electrons. The quantitative estimate of drug-likeness (QED) is 0.0278. The van der Waals surface area contributed by atoms with Gasteiger partial charge in [-0.05, 0) is 20.8 Å². The van der Waals surface area contributed by atoms with Crippen LogP contribution in [0.5, 0.6) is 0 Å². The van der Waals surface area contributed by atoms with Crippen molar-refractivity contribution in [3.05, 3.63) is 0 Å². The van der Waals surface area contributed by atoms with Crippen LogP contribution in [0.15, 0.2) is 0 Å². The molecule has 126 heavy (non-hydrogen) atoms. The van der Waals surface area contributed by atoms with Gasteiger partial charge < -0.3 is 249 Å². The molecule has 30 N–H and O–H groups in total. The summed E-state index contributed by atoms with van der Waals surface area (Å²) in [4.78, 5) is 66.4. The fraction of sp³-hybridized carbons (Fsp3) is 0.930. The molecule has 10 aliphatic rings. The third-order valence-electron chi connectivity index (χ3n) is 23.2. The average molecular weight is 1840 g/mol. The van der Waals surface area contributed by atoms with E-state index in [4.69, 9.17) is 94.7 Å². The second kappa shape index (κ2) is 44.1. The molecule has 51 atom stereocenters. The van der Waals surface area contributed by atoms with Crippen LogP contribution in [0.2, 0.25) is 0 Å². The van der Waals surface area contributed by atoms with Crippen LogP contribution in [0.1, 0.15) is 54.9 Å². The Bertz CT molecular complexity index is 3490. The molecule has 0 aromatic heterocycles. The molecule has 0 aromatic rings. The van der Waals surface area contributed by atoms with Gasteiger partial charge in [0, 0.05) is 27.7 Å².